The van der Waals surface area contributed by atoms with Crippen LogP contribution < -0.4 is 0 Å². The second-order valence-corrected chi connectivity index (χ2v) is 5.13. The van der Waals surface area contributed by atoms with Crippen molar-refractivity contribution in [2.24, 2.45) is 0 Å². The van der Waals surface area contributed by atoms with Crippen molar-refractivity contribution in [3.63, 3.8) is 0 Å². The van der Waals surface area contributed by atoms with Crippen LogP contribution in [0, 0.1) is 0 Å². The number of piperazine rings is 1. The first-order valence-electron chi connectivity index (χ1n) is 6.52. The van der Waals surface area contributed by atoms with Gasteiger partial charge in [0.25, 0.3) is 0 Å². The second-order valence-electron chi connectivity index (χ2n) is 5.13. The van der Waals surface area contributed by atoms with Crippen LogP contribution in [0.5, 0.6) is 0 Å². The Labute approximate surface area is 103 Å². The first kappa shape index (κ1) is 12.8. The van der Waals surface area contributed by atoms with Crippen molar-refractivity contribution in [3.05, 3.63) is 0 Å². The molecule has 0 spiro atoms. The average molecular weight is 241 g/mol. The summed E-state index contributed by atoms with van der Waals surface area (Å²) in [6, 6.07) is 0.200. The maximum atomic E-state index is 12.1. The van der Waals surface area contributed by atoms with Gasteiger partial charge in [-0.25, -0.2) is 0 Å². The zero-order valence-corrected chi connectivity index (χ0v) is 10.6. The minimum Gasteiger partial charge on any atom is -0.395 e. The summed E-state index contributed by atoms with van der Waals surface area (Å²) in [6.07, 6.45) is 2.12. The first-order chi connectivity index (χ1) is 8.20. The third kappa shape index (κ3) is 3.18. The molecule has 17 heavy (non-hydrogen) atoms. The number of aliphatic hydroxyl groups is 1. The van der Waals surface area contributed by atoms with Gasteiger partial charge in [-0.15, -0.1) is 0 Å². The predicted octanol–water partition coefficient (Wildman–Crippen LogP) is -0.783. The summed E-state index contributed by atoms with van der Waals surface area (Å²) < 4.78 is 0. The van der Waals surface area contributed by atoms with Crippen molar-refractivity contribution < 1.29 is 9.90 Å². The molecule has 2 aliphatic rings. The SMILES string of the molecule is CN1CCN(C(=O)CN2CCC[C@@H]2CO)CC1. The summed E-state index contributed by atoms with van der Waals surface area (Å²) >= 11 is 0. The Hall–Kier alpha value is -0.650. The molecule has 0 radical (unpaired) electrons. The highest BCUT2D eigenvalue weighted by Crippen LogP contribution is 2.16. The molecule has 2 rings (SSSR count). The highest BCUT2D eigenvalue weighted by Gasteiger charge is 2.28. The Balaban J connectivity index is 1.80. The molecule has 0 bridgehead atoms. The normalized spacial score (nSPS) is 27.6. The van der Waals surface area contributed by atoms with Crippen LogP contribution in [0.1, 0.15) is 12.8 Å². The molecular formula is C12H23N3O2. The van der Waals surface area contributed by atoms with Gasteiger partial charge in [0, 0.05) is 32.2 Å². The maximum Gasteiger partial charge on any atom is 0.236 e. The molecule has 0 aromatic carbocycles. The third-order valence-electron chi connectivity index (χ3n) is 3.90. The molecule has 2 heterocycles. The lowest BCUT2D eigenvalue weighted by Crippen LogP contribution is -2.50. The molecule has 0 aromatic heterocycles. The number of hydrogen-bond acceptors (Lipinski definition) is 4. The largest absolute Gasteiger partial charge is 0.395 e. The van der Waals surface area contributed by atoms with Gasteiger partial charge in [-0.2, -0.15) is 0 Å². The summed E-state index contributed by atoms with van der Waals surface area (Å²) in [5, 5.41) is 9.22. The number of carbonyl (C=O) groups excluding carboxylic acids is 1. The van der Waals surface area contributed by atoms with Gasteiger partial charge in [-0.1, -0.05) is 0 Å². The Morgan fingerprint density at radius 2 is 1.94 bits per heavy atom. The van der Waals surface area contributed by atoms with Gasteiger partial charge in [0.15, 0.2) is 0 Å². The van der Waals surface area contributed by atoms with Crippen LogP contribution in [0.3, 0.4) is 0 Å². The van der Waals surface area contributed by atoms with E-state index in [2.05, 4.69) is 16.8 Å². The van der Waals surface area contributed by atoms with Crippen LogP contribution in [0.15, 0.2) is 0 Å². The minimum atomic E-state index is 0.177. The highest BCUT2D eigenvalue weighted by atomic mass is 16.3. The van der Waals surface area contributed by atoms with E-state index in [4.69, 9.17) is 0 Å². The van der Waals surface area contributed by atoms with E-state index in [9.17, 15) is 9.90 Å². The monoisotopic (exact) mass is 241 g/mol. The maximum absolute atomic E-state index is 12.1. The van der Waals surface area contributed by atoms with Crippen molar-refractivity contribution in [1.82, 2.24) is 14.7 Å². The molecule has 0 saturated carbocycles. The van der Waals surface area contributed by atoms with Crippen molar-refractivity contribution in [1.29, 1.82) is 0 Å². The van der Waals surface area contributed by atoms with Gasteiger partial charge < -0.3 is 14.9 Å². The van der Waals surface area contributed by atoms with Crippen LogP contribution in [0.25, 0.3) is 0 Å². The number of hydrogen-bond donors (Lipinski definition) is 1. The smallest absolute Gasteiger partial charge is 0.236 e. The first-order valence-corrected chi connectivity index (χ1v) is 6.52. The number of carbonyl (C=O) groups is 1. The van der Waals surface area contributed by atoms with Crippen LogP contribution in [0.4, 0.5) is 0 Å². The molecule has 0 aromatic rings. The fraction of sp³-hybridized carbons (Fsp3) is 0.917. The van der Waals surface area contributed by atoms with Crippen LogP contribution in [-0.4, -0.2) is 84.7 Å². The van der Waals surface area contributed by atoms with Gasteiger partial charge in [0.2, 0.25) is 5.91 Å². The Kier molecular flexibility index (Phi) is 4.36. The number of aliphatic hydroxyl groups excluding tert-OH is 1. The summed E-state index contributed by atoms with van der Waals surface area (Å²) in [6.45, 7) is 5.22. The number of nitrogens with zero attached hydrogens (tertiary/aromatic N) is 3. The Morgan fingerprint density at radius 3 is 2.59 bits per heavy atom. The van der Waals surface area contributed by atoms with Gasteiger partial charge in [0.1, 0.15) is 0 Å². The molecule has 0 unspecified atom stereocenters. The zero-order chi connectivity index (χ0) is 12.3. The van der Waals surface area contributed by atoms with Crippen LogP contribution in [-0.2, 0) is 4.79 Å². The lowest BCUT2D eigenvalue weighted by molar-refractivity contribution is -0.134. The van der Waals surface area contributed by atoms with E-state index < -0.39 is 0 Å². The van der Waals surface area contributed by atoms with E-state index in [1.54, 1.807) is 0 Å². The fourth-order valence-corrected chi connectivity index (χ4v) is 2.64. The number of rotatable bonds is 3. The summed E-state index contributed by atoms with van der Waals surface area (Å²) in [5.41, 5.74) is 0. The molecule has 5 nitrogen and oxygen atoms in total. The van der Waals surface area contributed by atoms with Gasteiger partial charge >= 0.3 is 0 Å². The molecular weight excluding hydrogens is 218 g/mol. The van der Waals surface area contributed by atoms with Crippen molar-refractivity contribution in [3.8, 4) is 0 Å². The summed E-state index contributed by atoms with van der Waals surface area (Å²) in [4.78, 5) is 18.4. The molecule has 2 saturated heterocycles. The van der Waals surface area contributed by atoms with E-state index in [0.717, 1.165) is 45.6 Å². The Bertz CT molecular complexity index is 264. The van der Waals surface area contributed by atoms with E-state index in [-0.39, 0.29) is 18.6 Å². The molecule has 0 aliphatic carbocycles. The van der Waals surface area contributed by atoms with Gasteiger partial charge in [-0.3, -0.25) is 9.69 Å². The number of likely N-dealkylation sites (tertiary alicyclic amines) is 1. The lowest BCUT2D eigenvalue weighted by Gasteiger charge is -2.34. The average Bonchev–Trinajstić information content (AvgIpc) is 2.77. The number of amides is 1. The van der Waals surface area contributed by atoms with E-state index in [0.29, 0.717) is 6.54 Å². The lowest BCUT2D eigenvalue weighted by atomic mass is 10.2. The minimum absolute atomic E-state index is 0.177. The summed E-state index contributed by atoms with van der Waals surface area (Å²) in [7, 11) is 2.09. The zero-order valence-electron chi connectivity index (χ0n) is 10.6. The third-order valence-corrected chi connectivity index (χ3v) is 3.90. The fourth-order valence-electron chi connectivity index (χ4n) is 2.64. The van der Waals surface area contributed by atoms with Crippen molar-refractivity contribution >= 4 is 5.91 Å². The molecule has 5 heteroatoms. The second kappa shape index (κ2) is 5.80. The predicted molar refractivity (Wildman–Crippen MR) is 65.8 cm³/mol. The summed E-state index contributed by atoms with van der Waals surface area (Å²) in [5.74, 6) is 0.221. The van der Waals surface area contributed by atoms with Gasteiger partial charge in [-0.05, 0) is 26.4 Å². The number of likely N-dealkylation sites (N-methyl/N-ethyl adjacent to an activating group) is 1. The van der Waals surface area contributed by atoms with Crippen LogP contribution in [0.2, 0.25) is 0 Å². The molecule has 1 amide bonds. The Morgan fingerprint density at radius 1 is 1.24 bits per heavy atom. The van der Waals surface area contributed by atoms with Crippen molar-refractivity contribution in [2.45, 2.75) is 18.9 Å². The topological polar surface area (TPSA) is 47.0 Å². The molecule has 98 valence electrons. The van der Waals surface area contributed by atoms with Crippen molar-refractivity contribution in [2.75, 3.05) is 52.9 Å². The molecule has 2 fully saturated rings. The van der Waals surface area contributed by atoms with Gasteiger partial charge in [0.05, 0.1) is 13.2 Å². The standard InChI is InChI=1S/C12H23N3O2/c1-13-5-7-14(8-6-13)12(17)9-15-4-2-3-11(15)10-16/h11,16H,2-10H2,1H3/t11-/m1/s1. The van der Waals surface area contributed by atoms with E-state index in [1.165, 1.54) is 0 Å². The van der Waals surface area contributed by atoms with E-state index in [1.807, 2.05) is 4.90 Å². The molecule has 1 N–H and O–H groups in total. The van der Waals surface area contributed by atoms with Crippen LogP contribution >= 0.6 is 0 Å². The van der Waals surface area contributed by atoms with E-state index >= 15 is 0 Å². The molecule has 2 aliphatic heterocycles. The highest BCUT2D eigenvalue weighted by molar-refractivity contribution is 5.78. The quantitative estimate of drug-likeness (QED) is 0.704. The molecule has 1 atom stereocenters.